The second-order valence-corrected chi connectivity index (χ2v) is 9.78. The third-order valence-electron chi connectivity index (χ3n) is 5.20. The number of rotatable bonds is 9. The maximum atomic E-state index is 12.5. The normalized spacial score (nSPS) is 11.6. The van der Waals surface area contributed by atoms with Crippen LogP contribution in [-0.2, 0) is 23.6 Å². The van der Waals surface area contributed by atoms with E-state index in [1.54, 1.807) is 30.9 Å². The molecule has 0 bridgehead atoms. The van der Waals surface area contributed by atoms with Gasteiger partial charge in [-0.1, -0.05) is 13.3 Å². The summed E-state index contributed by atoms with van der Waals surface area (Å²) < 4.78 is 36.8. The second kappa shape index (κ2) is 9.74. The van der Waals surface area contributed by atoms with E-state index in [9.17, 15) is 13.2 Å². The summed E-state index contributed by atoms with van der Waals surface area (Å²) in [6.07, 6.45) is 2.93. The van der Waals surface area contributed by atoms with E-state index >= 15 is 0 Å². The van der Waals surface area contributed by atoms with E-state index in [1.807, 2.05) is 27.7 Å². The summed E-state index contributed by atoms with van der Waals surface area (Å²) in [5.41, 5.74) is 2.96. The van der Waals surface area contributed by atoms with Gasteiger partial charge in [0.15, 0.2) is 5.75 Å². The molecule has 178 valence electrons. The number of hydrogen-bond acceptors (Lipinski definition) is 7. The molecule has 3 rings (SSSR count). The van der Waals surface area contributed by atoms with Gasteiger partial charge in [0.05, 0.1) is 17.1 Å². The number of ether oxygens (including phenoxy) is 1. The minimum atomic E-state index is -3.59. The van der Waals surface area contributed by atoms with E-state index in [0.717, 1.165) is 12.1 Å². The smallest absolute Gasteiger partial charge is 0.324 e. The van der Waals surface area contributed by atoms with Gasteiger partial charge in [0.1, 0.15) is 11.5 Å². The van der Waals surface area contributed by atoms with Crippen LogP contribution < -0.4 is 15.0 Å². The fourth-order valence-electron chi connectivity index (χ4n) is 3.46. The van der Waals surface area contributed by atoms with Crippen LogP contribution in [0.4, 0.5) is 5.82 Å². The van der Waals surface area contributed by atoms with Gasteiger partial charge in [-0.15, -0.1) is 0 Å². The molecular weight excluding hydrogens is 444 g/mol. The first-order chi connectivity index (χ1) is 15.5. The lowest BCUT2D eigenvalue weighted by molar-refractivity contribution is 0.435. The Morgan fingerprint density at radius 2 is 1.85 bits per heavy atom. The van der Waals surface area contributed by atoms with Crippen LogP contribution >= 0.6 is 0 Å². The van der Waals surface area contributed by atoms with E-state index in [2.05, 4.69) is 19.8 Å². The Balaban J connectivity index is 2.10. The van der Waals surface area contributed by atoms with Crippen molar-refractivity contribution in [2.24, 2.45) is 7.05 Å². The molecule has 0 atom stereocenters. The first kappa shape index (κ1) is 24.4. The zero-order chi connectivity index (χ0) is 24.3. The molecule has 33 heavy (non-hydrogen) atoms. The zero-order valence-electron chi connectivity index (χ0n) is 19.8. The molecule has 3 aromatic rings. The molecule has 0 aliphatic rings. The lowest BCUT2D eigenvalue weighted by Gasteiger charge is -2.12. The van der Waals surface area contributed by atoms with Crippen LogP contribution in [0.5, 0.6) is 11.8 Å². The largest absolute Gasteiger partial charge is 0.420 e. The van der Waals surface area contributed by atoms with Gasteiger partial charge in [-0.25, -0.2) is 8.42 Å². The molecule has 0 aliphatic heterocycles. The highest BCUT2D eigenvalue weighted by Gasteiger charge is 2.18. The number of nitrogens with one attached hydrogen (secondary N) is 1. The molecule has 0 aliphatic carbocycles. The van der Waals surface area contributed by atoms with E-state index in [4.69, 9.17) is 4.74 Å². The summed E-state index contributed by atoms with van der Waals surface area (Å²) >= 11 is 0. The predicted molar refractivity (Wildman–Crippen MR) is 127 cm³/mol. The lowest BCUT2D eigenvalue weighted by atomic mass is 10.1. The molecule has 0 aromatic carbocycles. The Kier molecular flexibility index (Phi) is 7.21. The van der Waals surface area contributed by atoms with Gasteiger partial charge in [-0.05, 0) is 40.2 Å². The van der Waals surface area contributed by atoms with Gasteiger partial charge in [0.2, 0.25) is 10.0 Å². The number of pyridine rings is 1. The summed E-state index contributed by atoms with van der Waals surface area (Å²) in [6.45, 7) is 10.00. The van der Waals surface area contributed by atoms with Crippen molar-refractivity contribution in [2.75, 3.05) is 10.5 Å². The molecular formula is C22H30N6O4S. The van der Waals surface area contributed by atoms with Crippen molar-refractivity contribution in [3.63, 3.8) is 0 Å². The van der Waals surface area contributed by atoms with E-state index in [0.29, 0.717) is 41.2 Å². The van der Waals surface area contributed by atoms with E-state index in [-0.39, 0.29) is 23.1 Å². The van der Waals surface area contributed by atoms with Crippen molar-refractivity contribution in [3.8, 4) is 23.0 Å². The third-order valence-corrected chi connectivity index (χ3v) is 6.54. The minimum Gasteiger partial charge on any atom is -0.420 e. The first-order valence-corrected chi connectivity index (χ1v) is 12.5. The Labute approximate surface area is 193 Å². The van der Waals surface area contributed by atoms with Gasteiger partial charge < -0.3 is 9.30 Å². The standard InChI is InChI=1S/C22H30N6O4S/c1-7-9-10-33(30,31)26-19-12-18(17-11-14(3)21(29)27(6)13-17)23-22(24-19)32-20-15(4)25-28(8-2)16(20)5/h11-13H,7-10H2,1-6H3,(H,23,24,26). The molecule has 0 radical (unpaired) electrons. The Morgan fingerprint density at radius 3 is 2.45 bits per heavy atom. The van der Waals surface area contributed by atoms with Crippen LogP contribution in [0.3, 0.4) is 0 Å². The molecule has 3 aromatic heterocycles. The number of hydrogen-bond donors (Lipinski definition) is 1. The maximum Gasteiger partial charge on any atom is 0.324 e. The molecule has 11 heteroatoms. The van der Waals surface area contributed by atoms with Gasteiger partial charge in [-0.2, -0.15) is 15.1 Å². The fraction of sp³-hybridized carbons (Fsp3) is 0.455. The Hall–Kier alpha value is -3.21. The number of aromatic nitrogens is 5. The fourth-order valence-corrected chi connectivity index (χ4v) is 4.65. The Bertz CT molecular complexity index is 1300. The van der Waals surface area contributed by atoms with Gasteiger partial charge in [0.25, 0.3) is 5.56 Å². The van der Waals surface area contributed by atoms with Crippen LogP contribution in [0, 0.1) is 20.8 Å². The maximum absolute atomic E-state index is 12.5. The average Bonchev–Trinajstić information content (AvgIpc) is 3.02. The van der Waals surface area contributed by atoms with Crippen molar-refractivity contribution >= 4 is 15.8 Å². The topological polar surface area (TPSA) is 121 Å². The number of nitrogens with zero attached hydrogens (tertiary/aromatic N) is 5. The summed E-state index contributed by atoms with van der Waals surface area (Å²) in [4.78, 5) is 20.9. The average molecular weight is 475 g/mol. The lowest BCUT2D eigenvalue weighted by Crippen LogP contribution is -2.19. The van der Waals surface area contributed by atoms with E-state index < -0.39 is 10.0 Å². The van der Waals surface area contributed by atoms with Crippen molar-refractivity contribution < 1.29 is 13.2 Å². The molecule has 0 amide bonds. The zero-order valence-corrected chi connectivity index (χ0v) is 20.7. The van der Waals surface area contributed by atoms with Gasteiger partial charge >= 0.3 is 6.01 Å². The molecule has 0 saturated carbocycles. The molecule has 3 heterocycles. The van der Waals surface area contributed by atoms with E-state index in [1.165, 1.54) is 10.6 Å². The highest BCUT2D eigenvalue weighted by molar-refractivity contribution is 7.92. The van der Waals surface area contributed by atoms with Crippen LogP contribution in [0.15, 0.2) is 23.1 Å². The van der Waals surface area contributed by atoms with Crippen LogP contribution in [0.25, 0.3) is 11.3 Å². The van der Waals surface area contributed by atoms with Crippen LogP contribution in [0.1, 0.15) is 43.6 Å². The van der Waals surface area contributed by atoms with Crippen molar-refractivity contribution in [1.29, 1.82) is 0 Å². The highest BCUT2D eigenvalue weighted by Crippen LogP contribution is 2.29. The summed E-state index contributed by atoms with van der Waals surface area (Å²) in [7, 11) is -1.94. The molecule has 10 nitrogen and oxygen atoms in total. The molecule has 1 N–H and O–H groups in total. The van der Waals surface area contributed by atoms with Crippen LogP contribution in [-0.4, -0.2) is 38.5 Å². The summed E-state index contributed by atoms with van der Waals surface area (Å²) in [6, 6.07) is 3.22. The monoisotopic (exact) mass is 474 g/mol. The number of anilines is 1. The second-order valence-electron chi connectivity index (χ2n) is 7.94. The quantitative estimate of drug-likeness (QED) is 0.505. The Morgan fingerprint density at radius 1 is 1.12 bits per heavy atom. The number of aryl methyl sites for hydroxylation is 4. The molecule has 0 unspecified atom stereocenters. The SMILES string of the molecule is CCCCS(=O)(=O)Nc1cc(-c2cc(C)c(=O)n(C)c2)nc(Oc2c(C)nn(CC)c2C)n1. The first-order valence-electron chi connectivity index (χ1n) is 10.8. The van der Waals surface area contributed by atoms with Crippen molar-refractivity contribution in [2.45, 2.75) is 54.0 Å². The van der Waals surface area contributed by atoms with Gasteiger partial charge in [0, 0.05) is 37.0 Å². The predicted octanol–water partition coefficient (Wildman–Crippen LogP) is 3.32. The highest BCUT2D eigenvalue weighted by atomic mass is 32.2. The summed E-state index contributed by atoms with van der Waals surface area (Å²) in [5.74, 6) is 0.598. The van der Waals surface area contributed by atoms with Crippen LogP contribution in [0.2, 0.25) is 0 Å². The molecule has 0 spiro atoms. The van der Waals surface area contributed by atoms with Crippen molar-refractivity contribution in [1.82, 2.24) is 24.3 Å². The third kappa shape index (κ3) is 5.59. The molecule has 0 saturated heterocycles. The summed E-state index contributed by atoms with van der Waals surface area (Å²) in [5, 5.41) is 4.44. The minimum absolute atomic E-state index is 0.0144. The van der Waals surface area contributed by atoms with Crippen molar-refractivity contribution in [3.05, 3.63) is 45.6 Å². The number of unbranched alkanes of at least 4 members (excludes halogenated alkanes) is 1. The molecule has 0 fully saturated rings. The number of sulfonamides is 1. The van der Waals surface area contributed by atoms with Gasteiger partial charge in [-0.3, -0.25) is 14.2 Å².